The first-order chi connectivity index (χ1) is 20.8. The molecule has 2 amide bonds. The van der Waals surface area contributed by atoms with Crippen molar-refractivity contribution in [3.8, 4) is 17.2 Å². The number of ether oxygens (including phenoxy) is 4. The summed E-state index contributed by atoms with van der Waals surface area (Å²) < 4.78 is 35.5. The summed E-state index contributed by atoms with van der Waals surface area (Å²) in [5.41, 5.74) is -1.97. The Balaban J connectivity index is 1.52. The summed E-state index contributed by atoms with van der Waals surface area (Å²) in [6, 6.07) is 9.51. The van der Waals surface area contributed by atoms with Crippen LogP contribution in [0.25, 0.3) is 0 Å². The highest BCUT2D eigenvalue weighted by Crippen LogP contribution is 2.43. The van der Waals surface area contributed by atoms with E-state index in [0.717, 1.165) is 6.92 Å². The van der Waals surface area contributed by atoms with Crippen LogP contribution < -0.4 is 14.8 Å². The lowest BCUT2D eigenvalue weighted by Crippen LogP contribution is -2.48. The van der Waals surface area contributed by atoms with Crippen molar-refractivity contribution in [2.45, 2.75) is 77.1 Å². The first kappa shape index (κ1) is 32.7. The fourth-order valence-corrected chi connectivity index (χ4v) is 5.11. The zero-order valence-electron chi connectivity index (χ0n) is 25.4. The summed E-state index contributed by atoms with van der Waals surface area (Å²) in [5, 5.41) is 13.7. The number of nitrogens with one attached hydrogen (secondary N) is 1. The second-order valence-corrected chi connectivity index (χ2v) is 11.7. The van der Waals surface area contributed by atoms with Gasteiger partial charge in [0.2, 0.25) is 5.60 Å². The van der Waals surface area contributed by atoms with Crippen LogP contribution >= 0.6 is 0 Å². The fourth-order valence-electron chi connectivity index (χ4n) is 5.11. The highest BCUT2D eigenvalue weighted by atomic mass is 19.1. The lowest BCUT2D eigenvalue weighted by molar-refractivity contribution is -0.175. The van der Waals surface area contributed by atoms with E-state index in [1.165, 1.54) is 36.4 Å². The van der Waals surface area contributed by atoms with Crippen molar-refractivity contribution in [1.29, 1.82) is 0 Å². The van der Waals surface area contributed by atoms with Gasteiger partial charge in [0.05, 0.1) is 12.2 Å². The van der Waals surface area contributed by atoms with Crippen LogP contribution in [0, 0.1) is 11.7 Å². The van der Waals surface area contributed by atoms with Gasteiger partial charge in [0.25, 0.3) is 6.10 Å². The summed E-state index contributed by atoms with van der Waals surface area (Å²) in [4.78, 5) is 52.0. The lowest BCUT2D eigenvalue weighted by atomic mass is 9.84. The van der Waals surface area contributed by atoms with Crippen LogP contribution in [-0.2, 0) is 23.9 Å². The molecule has 1 unspecified atom stereocenters. The molecule has 2 aromatic carbocycles. The summed E-state index contributed by atoms with van der Waals surface area (Å²) in [6.45, 7) is 7.53. The molecule has 12 heteroatoms. The number of likely N-dealkylation sites (tertiary alicyclic amines) is 1. The van der Waals surface area contributed by atoms with Gasteiger partial charge in [0, 0.05) is 49.8 Å². The molecule has 11 nitrogen and oxygen atoms in total. The predicted octanol–water partition coefficient (Wildman–Crippen LogP) is 5.00. The van der Waals surface area contributed by atoms with Crippen LogP contribution in [0.3, 0.4) is 0 Å². The highest BCUT2D eigenvalue weighted by molar-refractivity contribution is 6.03. The normalized spacial score (nSPS) is 17.3. The van der Waals surface area contributed by atoms with E-state index in [1.54, 1.807) is 17.9 Å². The van der Waals surface area contributed by atoms with Crippen LogP contribution in [0.2, 0.25) is 0 Å². The van der Waals surface area contributed by atoms with Gasteiger partial charge in [-0.05, 0) is 63.3 Å². The molecule has 0 radical (unpaired) electrons. The van der Waals surface area contributed by atoms with Crippen LogP contribution in [-0.4, -0.2) is 70.8 Å². The van der Waals surface area contributed by atoms with Gasteiger partial charge in [-0.3, -0.25) is 4.79 Å². The van der Waals surface area contributed by atoms with E-state index in [4.69, 9.17) is 18.9 Å². The third-order valence-corrected chi connectivity index (χ3v) is 7.43. The summed E-state index contributed by atoms with van der Waals surface area (Å²) in [7, 11) is 0. The number of Topliss-reactive ketones (excluding diaryl/α,β-unsaturated/α-hetero) is 1. The van der Waals surface area contributed by atoms with Gasteiger partial charge in [-0.25, -0.2) is 18.8 Å². The summed E-state index contributed by atoms with van der Waals surface area (Å²) >= 11 is 0. The monoisotopic (exact) mass is 614 g/mol. The predicted molar refractivity (Wildman–Crippen MR) is 157 cm³/mol. The summed E-state index contributed by atoms with van der Waals surface area (Å²) in [5.74, 6) is -1.97. The van der Waals surface area contributed by atoms with Gasteiger partial charge in [-0.2, -0.15) is 0 Å². The summed E-state index contributed by atoms with van der Waals surface area (Å²) in [6.07, 6.45) is 0.378. The standard InChI is InChI=1S/C32H39FN2O9/c1-5-41-28(37)27(21(4)36)43-29(38)32(10-11-32)44-26-17-23(16-25(18-26)42-24-8-6-22(33)7-9-24)34-30(39)35-14-12-31(40,13-15-35)19-20(2)3/h6-9,16-18,20,27,40H,5,10-15,19H2,1-4H3,(H,34,39). The van der Waals surface area contributed by atoms with Crippen LogP contribution in [0.1, 0.15) is 59.8 Å². The molecule has 4 rings (SSSR count). The number of hydrogen-bond donors (Lipinski definition) is 2. The van der Waals surface area contributed by atoms with E-state index in [9.17, 15) is 28.7 Å². The van der Waals surface area contributed by atoms with Gasteiger partial charge >= 0.3 is 18.0 Å². The zero-order valence-corrected chi connectivity index (χ0v) is 25.4. The number of aliphatic hydroxyl groups is 1. The Bertz CT molecular complexity index is 1370. The van der Waals surface area contributed by atoms with Crippen LogP contribution in [0.4, 0.5) is 14.9 Å². The first-order valence-electron chi connectivity index (χ1n) is 14.8. The minimum Gasteiger partial charge on any atom is -0.475 e. The Hall–Kier alpha value is -4.19. The number of esters is 2. The minimum atomic E-state index is -1.71. The average molecular weight is 615 g/mol. The number of urea groups is 1. The molecule has 1 saturated heterocycles. The van der Waals surface area contributed by atoms with Crippen molar-refractivity contribution in [3.63, 3.8) is 0 Å². The number of nitrogens with zero attached hydrogens (tertiary/aromatic N) is 1. The lowest BCUT2D eigenvalue weighted by Gasteiger charge is -2.39. The number of carbonyl (C=O) groups is 4. The van der Waals surface area contributed by atoms with E-state index in [-0.39, 0.29) is 37.0 Å². The number of carbonyl (C=O) groups excluding carboxylic acids is 4. The molecule has 1 saturated carbocycles. The number of ketones is 1. The van der Waals surface area contributed by atoms with E-state index < -0.39 is 40.8 Å². The Morgan fingerprint density at radius 2 is 1.61 bits per heavy atom. The third kappa shape index (κ3) is 8.46. The van der Waals surface area contributed by atoms with Crippen LogP contribution in [0.5, 0.6) is 17.2 Å². The molecule has 1 heterocycles. The molecule has 1 atom stereocenters. The quantitative estimate of drug-likeness (QED) is 0.250. The number of hydrogen-bond acceptors (Lipinski definition) is 9. The molecule has 0 aromatic heterocycles. The van der Waals surface area contributed by atoms with E-state index in [2.05, 4.69) is 5.32 Å². The van der Waals surface area contributed by atoms with Gasteiger partial charge in [-0.1, -0.05) is 13.8 Å². The molecule has 2 aromatic rings. The number of anilines is 1. The molecule has 0 bridgehead atoms. The van der Waals surface area contributed by atoms with Crippen LogP contribution in [0.15, 0.2) is 42.5 Å². The SMILES string of the molecule is CCOC(=O)C(OC(=O)C1(Oc2cc(NC(=O)N3CCC(O)(CC(C)C)CC3)cc(Oc3ccc(F)cc3)c2)CC1)C(C)=O. The Morgan fingerprint density at radius 3 is 2.18 bits per heavy atom. The van der Waals surface area contributed by atoms with Gasteiger partial charge in [0.15, 0.2) is 5.78 Å². The smallest absolute Gasteiger partial charge is 0.355 e. The molecule has 1 aliphatic heterocycles. The second-order valence-electron chi connectivity index (χ2n) is 11.7. The van der Waals surface area contributed by atoms with Crippen molar-refractivity contribution < 1.29 is 47.6 Å². The van der Waals surface area contributed by atoms with Crippen molar-refractivity contribution in [2.24, 2.45) is 5.92 Å². The Kier molecular flexibility index (Phi) is 10.1. The molecular formula is C32H39FN2O9. The minimum absolute atomic E-state index is 0.00734. The Morgan fingerprint density at radius 1 is 0.977 bits per heavy atom. The van der Waals surface area contributed by atoms with Gasteiger partial charge in [-0.15, -0.1) is 0 Å². The number of halogens is 1. The maximum Gasteiger partial charge on any atom is 0.355 e. The van der Waals surface area contributed by atoms with Gasteiger partial charge in [0.1, 0.15) is 23.1 Å². The molecular weight excluding hydrogens is 575 g/mol. The molecule has 1 aliphatic carbocycles. The van der Waals surface area contributed by atoms with Crippen molar-refractivity contribution in [3.05, 3.63) is 48.3 Å². The van der Waals surface area contributed by atoms with Crippen molar-refractivity contribution >= 4 is 29.4 Å². The first-order valence-corrected chi connectivity index (χ1v) is 14.8. The number of amides is 2. The fraction of sp³-hybridized carbons (Fsp3) is 0.500. The molecule has 2 aliphatic rings. The van der Waals surface area contributed by atoms with E-state index in [0.29, 0.717) is 49.7 Å². The van der Waals surface area contributed by atoms with E-state index in [1.807, 2.05) is 13.8 Å². The maximum atomic E-state index is 13.4. The van der Waals surface area contributed by atoms with Crippen molar-refractivity contribution in [2.75, 3.05) is 25.0 Å². The largest absolute Gasteiger partial charge is 0.475 e. The Labute approximate surface area is 255 Å². The second kappa shape index (κ2) is 13.6. The van der Waals surface area contributed by atoms with E-state index >= 15 is 0 Å². The zero-order chi connectivity index (χ0) is 32.1. The molecule has 2 fully saturated rings. The highest BCUT2D eigenvalue weighted by Gasteiger charge is 2.56. The maximum absolute atomic E-state index is 13.4. The average Bonchev–Trinajstić information content (AvgIpc) is 3.73. The third-order valence-electron chi connectivity index (χ3n) is 7.43. The topological polar surface area (TPSA) is 141 Å². The molecule has 238 valence electrons. The molecule has 0 spiro atoms. The molecule has 2 N–H and O–H groups in total. The molecule has 44 heavy (non-hydrogen) atoms. The number of rotatable bonds is 12. The van der Waals surface area contributed by atoms with Gasteiger partial charge < -0.3 is 34.3 Å². The van der Waals surface area contributed by atoms with Crippen molar-refractivity contribution in [1.82, 2.24) is 4.90 Å². The number of benzene rings is 2. The number of piperidine rings is 1.